The first-order valence-electron chi connectivity index (χ1n) is 7.59. The molecule has 0 fully saturated rings. The standard InChI is InChI=1S/C18H20ClN3O2/c1-11(2)16(12-6-8-14(19)9-7-12)22-17(23)13-4-3-5-15(10-13)21-18(20)24/h3-11,16H,1-2H3,(H,22,23)(H3,20,21,24). The second-order valence-corrected chi connectivity index (χ2v) is 6.25. The summed E-state index contributed by atoms with van der Waals surface area (Å²) in [6.07, 6.45) is 0. The summed E-state index contributed by atoms with van der Waals surface area (Å²) in [4.78, 5) is 23.5. The van der Waals surface area contributed by atoms with E-state index in [0.717, 1.165) is 5.56 Å². The van der Waals surface area contributed by atoms with Crippen molar-refractivity contribution < 1.29 is 9.59 Å². The van der Waals surface area contributed by atoms with Gasteiger partial charge < -0.3 is 16.4 Å². The number of carbonyl (C=O) groups is 2. The Balaban J connectivity index is 2.19. The van der Waals surface area contributed by atoms with Crippen LogP contribution in [0.2, 0.25) is 5.02 Å². The van der Waals surface area contributed by atoms with E-state index in [2.05, 4.69) is 10.6 Å². The maximum atomic E-state index is 12.6. The van der Waals surface area contributed by atoms with E-state index in [9.17, 15) is 9.59 Å². The zero-order valence-electron chi connectivity index (χ0n) is 13.5. The predicted octanol–water partition coefficient (Wildman–Crippen LogP) is 3.96. The lowest BCUT2D eigenvalue weighted by Crippen LogP contribution is -2.31. The van der Waals surface area contributed by atoms with Gasteiger partial charge in [0.25, 0.3) is 5.91 Å². The molecule has 0 heterocycles. The molecule has 0 bridgehead atoms. The van der Waals surface area contributed by atoms with Crippen LogP contribution in [0.4, 0.5) is 10.5 Å². The molecule has 2 aromatic rings. The lowest BCUT2D eigenvalue weighted by atomic mass is 9.95. The minimum atomic E-state index is -0.672. The highest BCUT2D eigenvalue weighted by atomic mass is 35.5. The molecule has 0 radical (unpaired) electrons. The summed E-state index contributed by atoms with van der Waals surface area (Å²) in [5, 5.41) is 6.13. The van der Waals surface area contributed by atoms with Crippen LogP contribution in [0.15, 0.2) is 48.5 Å². The number of hydrogen-bond donors (Lipinski definition) is 3. The Morgan fingerprint density at radius 2 is 1.75 bits per heavy atom. The Labute approximate surface area is 146 Å². The second kappa shape index (κ2) is 7.84. The molecule has 0 spiro atoms. The van der Waals surface area contributed by atoms with Crippen LogP contribution in [0.25, 0.3) is 0 Å². The van der Waals surface area contributed by atoms with Gasteiger partial charge in [-0.25, -0.2) is 4.79 Å². The molecule has 0 aromatic heterocycles. The largest absolute Gasteiger partial charge is 0.351 e. The van der Waals surface area contributed by atoms with E-state index in [4.69, 9.17) is 17.3 Å². The lowest BCUT2D eigenvalue weighted by molar-refractivity contribution is 0.0925. The van der Waals surface area contributed by atoms with Crippen LogP contribution < -0.4 is 16.4 Å². The molecule has 0 aliphatic heterocycles. The molecule has 0 saturated heterocycles. The van der Waals surface area contributed by atoms with Gasteiger partial charge in [-0.05, 0) is 41.8 Å². The van der Waals surface area contributed by atoms with Gasteiger partial charge in [-0.2, -0.15) is 0 Å². The summed E-state index contributed by atoms with van der Waals surface area (Å²) in [6.45, 7) is 4.06. The van der Waals surface area contributed by atoms with Crippen molar-refractivity contribution >= 4 is 29.2 Å². The number of halogens is 1. The molecule has 2 rings (SSSR count). The highest BCUT2D eigenvalue weighted by Crippen LogP contribution is 2.24. The minimum Gasteiger partial charge on any atom is -0.351 e. The van der Waals surface area contributed by atoms with Crippen LogP contribution in [0, 0.1) is 5.92 Å². The third-order valence-electron chi connectivity index (χ3n) is 3.57. The number of urea groups is 1. The lowest BCUT2D eigenvalue weighted by Gasteiger charge is -2.23. The fourth-order valence-electron chi connectivity index (χ4n) is 2.41. The van der Waals surface area contributed by atoms with Crippen LogP contribution in [0.5, 0.6) is 0 Å². The number of rotatable bonds is 5. The predicted molar refractivity (Wildman–Crippen MR) is 96.1 cm³/mol. The Bertz CT molecular complexity index is 729. The van der Waals surface area contributed by atoms with Crippen LogP contribution in [0.1, 0.15) is 35.8 Å². The van der Waals surface area contributed by atoms with Crippen molar-refractivity contribution in [3.8, 4) is 0 Å². The molecule has 2 aromatic carbocycles. The van der Waals surface area contributed by atoms with Crippen molar-refractivity contribution in [1.29, 1.82) is 0 Å². The van der Waals surface area contributed by atoms with E-state index in [1.807, 2.05) is 26.0 Å². The Kier molecular flexibility index (Phi) is 5.82. The quantitative estimate of drug-likeness (QED) is 0.766. The van der Waals surface area contributed by atoms with Crippen LogP contribution in [-0.4, -0.2) is 11.9 Å². The number of benzene rings is 2. The van der Waals surface area contributed by atoms with Crippen LogP contribution >= 0.6 is 11.6 Å². The topological polar surface area (TPSA) is 84.2 Å². The monoisotopic (exact) mass is 345 g/mol. The van der Waals surface area contributed by atoms with Crippen LogP contribution in [-0.2, 0) is 0 Å². The fourth-order valence-corrected chi connectivity index (χ4v) is 2.54. The number of nitrogens with one attached hydrogen (secondary N) is 2. The molecule has 3 amide bonds. The van der Waals surface area contributed by atoms with Gasteiger partial charge in [-0.15, -0.1) is 0 Å². The van der Waals surface area contributed by atoms with E-state index in [1.165, 1.54) is 0 Å². The number of amides is 3. The third-order valence-corrected chi connectivity index (χ3v) is 3.83. The van der Waals surface area contributed by atoms with Crippen LogP contribution in [0.3, 0.4) is 0 Å². The third kappa shape index (κ3) is 4.73. The molecule has 24 heavy (non-hydrogen) atoms. The second-order valence-electron chi connectivity index (χ2n) is 5.82. The van der Waals surface area contributed by atoms with E-state index in [0.29, 0.717) is 16.3 Å². The number of hydrogen-bond acceptors (Lipinski definition) is 2. The van der Waals surface area contributed by atoms with Gasteiger partial charge in [0.15, 0.2) is 0 Å². The van der Waals surface area contributed by atoms with Crippen molar-refractivity contribution in [2.45, 2.75) is 19.9 Å². The number of carbonyl (C=O) groups excluding carboxylic acids is 2. The van der Waals surface area contributed by atoms with Gasteiger partial charge in [0.1, 0.15) is 0 Å². The van der Waals surface area contributed by atoms with E-state index in [-0.39, 0.29) is 17.9 Å². The summed E-state index contributed by atoms with van der Waals surface area (Å²) in [7, 11) is 0. The van der Waals surface area contributed by atoms with Gasteiger partial charge in [0, 0.05) is 16.3 Å². The Morgan fingerprint density at radius 3 is 2.33 bits per heavy atom. The molecule has 4 N–H and O–H groups in total. The van der Waals surface area contributed by atoms with Crippen molar-refractivity contribution in [2.75, 3.05) is 5.32 Å². The Hall–Kier alpha value is -2.53. The summed E-state index contributed by atoms with van der Waals surface area (Å²) in [6, 6.07) is 13.2. The smallest absolute Gasteiger partial charge is 0.316 e. The van der Waals surface area contributed by atoms with Gasteiger partial charge in [0.05, 0.1) is 6.04 Å². The molecule has 1 unspecified atom stereocenters. The highest BCUT2D eigenvalue weighted by Gasteiger charge is 2.19. The molecule has 1 atom stereocenters. The average molecular weight is 346 g/mol. The first-order chi connectivity index (χ1) is 11.4. The summed E-state index contributed by atoms with van der Waals surface area (Å²) in [5.41, 5.74) is 7.00. The molecule has 5 nitrogen and oxygen atoms in total. The maximum Gasteiger partial charge on any atom is 0.316 e. The van der Waals surface area contributed by atoms with Gasteiger partial charge in [0.2, 0.25) is 0 Å². The van der Waals surface area contributed by atoms with E-state index in [1.54, 1.807) is 36.4 Å². The molecule has 126 valence electrons. The molecular weight excluding hydrogens is 326 g/mol. The highest BCUT2D eigenvalue weighted by molar-refractivity contribution is 6.30. The van der Waals surface area contributed by atoms with Crippen molar-refractivity contribution in [3.63, 3.8) is 0 Å². The van der Waals surface area contributed by atoms with Crippen molar-refractivity contribution in [3.05, 3.63) is 64.7 Å². The van der Waals surface area contributed by atoms with Gasteiger partial charge >= 0.3 is 6.03 Å². The number of nitrogens with two attached hydrogens (primary N) is 1. The Morgan fingerprint density at radius 1 is 1.08 bits per heavy atom. The summed E-state index contributed by atoms with van der Waals surface area (Å²) < 4.78 is 0. The zero-order chi connectivity index (χ0) is 17.7. The minimum absolute atomic E-state index is 0.150. The first-order valence-corrected chi connectivity index (χ1v) is 7.97. The van der Waals surface area contributed by atoms with Crippen molar-refractivity contribution in [1.82, 2.24) is 5.32 Å². The number of anilines is 1. The zero-order valence-corrected chi connectivity index (χ0v) is 14.3. The van der Waals surface area contributed by atoms with Gasteiger partial charge in [-0.1, -0.05) is 43.6 Å². The molecular formula is C18H20ClN3O2. The van der Waals surface area contributed by atoms with E-state index < -0.39 is 6.03 Å². The maximum absolute atomic E-state index is 12.6. The molecule has 0 aliphatic rings. The van der Waals surface area contributed by atoms with Crippen molar-refractivity contribution in [2.24, 2.45) is 11.7 Å². The normalized spacial score (nSPS) is 11.8. The van der Waals surface area contributed by atoms with E-state index >= 15 is 0 Å². The van der Waals surface area contributed by atoms with Gasteiger partial charge in [-0.3, -0.25) is 4.79 Å². The molecule has 0 saturated carbocycles. The summed E-state index contributed by atoms with van der Waals surface area (Å²) >= 11 is 5.92. The first kappa shape index (κ1) is 17.8. The average Bonchev–Trinajstić information content (AvgIpc) is 2.53. The SMILES string of the molecule is CC(C)C(NC(=O)c1cccc(NC(N)=O)c1)c1ccc(Cl)cc1. The molecule has 0 aliphatic carbocycles. The fraction of sp³-hybridized carbons (Fsp3) is 0.222. The number of primary amides is 1. The summed E-state index contributed by atoms with van der Waals surface area (Å²) in [5.74, 6) is -0.0289. The molecule has 6 heteroatoms.